The van der Waals surface area contributed by atoms with E-state index in [1.165, 1.54) is 12.1 Å². The van der Waals surface area contributed by atoms with Crippen molar-refractivity contribution >= 4 is 23.1 Å². The number of carbonyl (C=O) groups is 1. The van der Waals surface area contributed by atoms with Crippen LogP contribution in [0.5, 0.6) is 11.5 Å². The molecule has 2 N–H and O–H groups in total. The van der Waals surface area contributed by atoms with Crippen molar-refractivity contribution in [3.63, 3.8) is 0 Å². The molecule has 0 atom stereocenters. The number of H-pyrrole nitrogens is 1. The van der Waals surface area contributed by atoms with Gasteiger partial charge in [-0.05, 0) is 23.5 Å². The van der Waals surface area contributed by atoms with Crippen molar-refractivity contribution in [3.05, 3.63) is 80.0 Å². The molecule has 0 aliphatic carbocycles. The van der Waals surface area contributed by atoms with Crippen LogP contribution in [0.2, 0.25) is 0 Å². The Morgan fingerprint density at radius 1 is 1.11 bits per heavy atom. The van der Waals surface area contributed by atoms with Gasteiger partial charge >= 0.3 is 5.82 Å². The van der Waals surface area contributed by atoms with Crippen LogP contribution in [0.15, 0.2) is 48.5 Å². The Balaban J connectivity index is 1.88. The first-order valence-electron chi connectivity index (χ1n) is 7.87. The lowest BCUT2D eigenvalue weighted by Crippen LogP contribution is -2.12. The summed E-state index contributed by atoms with van der Waals surface area (Å²) in [5.74, 6) is -0.575. The number of non-ortho nitro benzene ring substituents is 1. The molecule has 11 heteroatoms. The molecule has 0 saturated heterocycles. The number of carbonyl (C=O) groups excluding carboxylic acids is 1. The summed E-state index contributed by atoms with van der Waals surface area (Å²) in [5.41, 5.74) is 0.367. The van der Waals surface area contributed by atoms with E-state index < -0.39 is 21.6 Å². The Morgan fingerprint density at radius 2 is 1.86 bits per heavy atom. The standard InChI is InChI=1S/C17H13N5O6/c1-10-4-2-3-5-15(10)28-13-7-11(6-12(8-13)21(24)25)18-17(23)14-9-16(20-19-14)22(26)27/h2-9H,1H3,(H,18,23)(H,19,20). The summed E-state index contributed by atoms with van der Waals surface area (Å²) in [4.78, 5) is 32.7. The average Bonchev–Trinajstić information content (AvgIpc) is 3.14. The molecule has 0 spiro atoms. The first-order valence-corrected chi connectivity index (χ1v) is 7.87. The van der Waals surface area contributed by atoms with E-state index in [0.717, 1.165) is 17.7 Å². The van der Waals surface area contributed by atoms with Gasteiger partial charge in [-0.1, -0.05) is 23.3 Å². The largest absolute Gasteiger partial charge is 0.457 e. The van der Waals surface area contributed by atoms with Crippen LogP contribution in [0, 0.1) is 27.2 Å². The van der Waals surface area contributed by atoms with Gasteiger partial charge in [0.05, 0.1) is 22.7 Å². The fourth-order valence-corrected chi connectivity index (χ4v) is 2.33. The maximum Gasteiger partial charge on any atom is 0.343 e. The van der Waals surface area contributed by atoms with Crippen molar-refractivity contribution in [2.24, 2.45) is 0 Å². The monoisotopic (exact) mass is 383 g/mol. The molecule has 0 aliphatic heterocycles. The molecule has 142 valence electrons. The SMILES string of the molecule is Cc1ccccc1Oc1cc(NC(=O)c2cc([N+](=O)[O-])[nH]n2)cc([N+](=O)[O-])c1. The summed E-state index contributed by atoms with van der Waals surface area (Å²) >= 11 is 0. The highest BCUT2D eigenvalue weighted by Gasteiger charge is 2.19. The number of ether oxygens (including phenoxy) is 1. The minimum atomic E-state index is -0.772. The Hall–Kier alpha value is -4.28. The number of nitro benzene ring substituents is 1. The van der Waals surface area contributed by atoms with Crippen molar-refractivity contribution in [1.82, 2.24) is 10.2 Å². The van der Waals surface area contributed by atoms with Crippen LogP contribution in [0.4, 0.5) is 17.2 Å². The van der Waals surface area contributed by atoms with Gasteiger partial charge in [0.25, 0.3) is 11.6 Å². The number of nitro groups is 2. The number of anilines is 1. The lowest BCUT2D eigenvalue weighted by Gasteiger charge is -2.10. The molecule has 3 aromatic rings. The van der Waals surface area contributed by atoms with E-state index in [1.807, 2.05) is 19.1 Å². The molecule has 1 amide bonds. The van der Waals surface area contributed by atoms with Gasteiger partial charge in [-0.3, -0.25) is 14.9 Å². The summed E-state index contributed by atoms with van der Waals surface area (Å²) in [7, 11) is 0. The molecule has 3 rings (SSSR count). The van der Waals surface area contributed by atoms with Gasteiger partial charge in [-0.2, -0.15) is 0 Å². The van der Waals surface area contributed by atoms with Crippen LogP contribution in [0.1, 0.15) is 16.1 Å². The zero-order valence-electron chi connectivity index (χ0n) is 14.4. The van der Waals surface area contributed by atoms with Crippen LogP contribution in [0.3, 0.4) is 0 Å². The molecule has 1 heterocycles. The summed E-state index contributed by atoms with van der Waals surface area (Å²) in [6.45, 7) is 1.82. The van der Waals surface area contributed by atoms with Crippen molar-refractivity contribution in [2.75, 3.05) is 5.32 Å². The van der Waals surface area contributed by atoms with Gasteiger partial charge in [0, 0.05) is 12.1 Å². The van der Waals surface area contributed by atoms with Gasteiger partial charge in [-0.25, -0.2) is 0 Å². The number of aryl methyl sites for hydroxylation is 1. The molecule has 0 bridgehead atoms. The fraction of sp³-hybridized carbons (Fsp3) is 0.0588. The molecule has 2 aromatic carbocycles. The van der Waals surface area contributed by atoms with E-state index in [4.69, 9.17) is 4.74 Å². The Bertz CT molecular complexity index is 1080. The highest BCUT2D eigenvalue weighted by Crippen LogP contribution is 2.31. The van der Waals surface area contributed by atoms with Gasteiger partial charge in [0.15, 0.2) is 5.69 Å². The fourth-order valence-electron chi connectivity index (χ4n) is 2.33. The maximum atomic E-state index is 12.2. The molecule has 0 fully saturated rings. The number of nitrogens with zero attached hydrogens (tertiary/aromatic N) is 3. The van der Waals surface area contributed by atoms with Crippen LogP contribution in [0.25, 0.3) is 0 Å². The second-order valence-corrected chi connectivity index (χ2v) is 5.69. The summed E-state index contributed by atoms with van der Waals surface area (Å²) in [5, 5.41) is 30.0. The number of benzene rings is 2. The van der Waals surface area contributed by atoms with E-state index in [2.05, 4.69) is 15.5 Å². The highest BCUT2D eigenvalue weighted by molar-refractivity contribution is 6.03. The number of nitrogens with one attached hydrogen (secondary N) is 2. The molecule has 0 aliphatic rings. The Kier molecular flexibility index (Phi) is 4.98. The van der Waals surface area contributed by atoms with Crippen molar-refractivity contribution in [2.45, 2.75) is 6.92 Å². The summed E-state index contributed by atoms with van der Waals surface area (Å²) in [6, 6.07) is 11.8. The van der Waals surface area contributed by atoms with Crippen molar-refractivity contribution in [1.29, 1.82) is 0 Å². The highest BCUT2D eigenvalue weighted by atomic mass is 16.6. The van der Waals surface area contributed by atoms with E-state index in [1.54, 1.807) is 12.1 Å². The number of para-hydroxylation sites is 1. The molecule has 28 heavy (non-hydrogen) atoms. The third kappa shape index (κ3) is 4.09. The lowest BCUT2D eigenvalue weighted by atomic mass is 10.2. The third-order valence-corrected chi connectivity index (χ3v) is 3.68. The average molecular weight is 383 g/mol. The maximum absolute atomic E-state index is 12.2. The summed E-state index contributed by atoms with van der Waals surface area (Å²) < 4.78 is 5.70. The molecular formula is C17H13N5O6. The first kappa shape index (κ1) is 18.5. The van der Waals surface area contributed by atoms with Crippen molar-refractivity contribution < 1.29 is 19.4 Å². The van der Waals surface area contributed by atoms with E-state index >= 15 is 0 Å². The smallest absolute Gasteiger partial charge is 0.343 e. The normalized spacial score (nSPS) is 10.3. The van der Waals surface area contributed by atoms with Crippen LogP contribution in [-0.2, 0) is 0 Å². The van der Waals surface area contributed by atoms with Crippen LogP contribution in [-0.4, -0.2) is 26.0 Å². The van der Waals surface area contributed by atoms with Gasteiger partial charge in [-0.15, -0.1) is 5.10 Å². The third-order valence-electron chi connectivity index (χ3n) is 3.68. The number of hydrogen-bond donors (Lipinski definition) is 2. The molecule has 11 nitrogen and oxygen atoms in total. The number of aromatic amines is 1. The van der Waals surface area contributed by atoms with Crippen LogP contribution >= 0.6 is 0 Å². The number of rotatable bonds is 6. The van der Waals surface area contributed by atoms with Gasteiger partial charge < -0.3 is 20.2 Å². The Morgan fingerprint density at radius 3 is 2.50 bits per heavy atom. The quantitative estimate of drug-likeness (QED) is 0.487. The molecule has 0 radical (unpaired) electrons. The predicted octanol–water partition coefficient (Wildman–Crippen LogP) is 3.58. The second kappa shape index (κ2) is 7.53. The first-order chi connectivity index (χ1) is 13.3. The number of amides is 1. The molecule has 1 aromatic heterocycles. The molecule has 0 unspecified atom stereocenters. The summed E-state index contributed by atoms with van der Waals surface area (Å²) in [6.07, 6.45) is 0. The zero-order chi connectivity index (χ0) is 20.3. The van der Waals surface area contributed by atoms with Gasteiger partial charge in [0.1, 0.15) is 11.5 Å². The minimum Gasteiger partial charge on any atom is -0.457 e. The van der Waals surface area contributed by atoms with E-state index in [9.17, 15) is 25.0 Å². The lowest BCUT2D eigenvalue weighted by molar-refractivity contribution is -0.389. The molecular weight excluding hydrogens is 370 g/mol. The number of aromatic nitrogens is 2. The van der Waals surface area contributed by atoms with Gasteiger partial charge in [0.2, 0.25) is 0 Å². The molecule has 0 saturated carbocycles. The Labute approximate surface area is 157 Å². The zero-order valence-corrected chi connectivity index (χ0v) is 14.4. The topological polar surface area (TPSA) is 153 Å². The van der Waals surface area contributed by atoms with Crippen molar-refractivity contribution in [3.8, 4) is 11.5 Å². The van der Waals surface area contributed by atoms with E-state index in [-0.39, 0.29) is 22.8 Å². The second-order valence-electron chi connectivity index (χ2n) is 5.69. The van der Waals surface area contributed by atoms with Crippen LogP contribution < -0.4 is 10.1 Å². The minimum absolute atomic E-state index is 0.0773. The number of hydrogen-bond acceptors (Lipinski definition) is 7. The predicted molar refractivity (Wildman–Crippen MR) is 97.5 cm³/mol. The van der Waals surface area contributed by atoms with E-state index in [0.29, 0.717) is 5.75 Å².